The van der Waals surface area contributed by atoms with Gasteiger partial charge < -0.3 is 16.2 Å². The van der Waals surface area contributed by atoms with Crippen LogP contribution in [-0.4, -0.2) is 22.7 Å². The van der Waals surface area contributed by atoms with Crippen LogP contribution in [0.2, 0.25) is 0 Å². The second kappa shape index (κ2) is 4.43. The highest BCUT2D eigenvalue weighted by Crippen LogP contribution is 2.26. The second-order valence-corrected chi connectivity index (χ2v) is 3.67. The van der Waals surface area contributed by atoms with E-state index in [1.807, 2.05) is 0 Å². The molecule has 0 amide bonds. The molecule has 1 aromatic heterocycles. The highest BCUT2D eigenvalue weighted by molar-refractivity contribution is 9.10. The Balaban J connectivity index is 2.75. The lowest BCUT2D eigenvalue weighted by Gasteiger charge is -2.11. The van der Waals surface area contributed by atoms with Gasteiger partial charge in [0, 0.05) is 12.7 Å². The van der Waals surface area contributed by atoms with Gasteiger partial charge in [-0.3, -0.25) is 4.98 Å². The van der Waals surface area contributed by atoms with Crippen molar-refractivity contribution in [2.24, 2.45) is 0 Å². The van der Waals surface area contributed by atoms with Crippen LogP contribution >= 0.6 is 15.9 Å². The number of anilines is 2. The average molecular weight is 246 g/mol. The third-order valence-electron chi connectivity index (χ3n) is 1.50. The lowest BCUT2D eigenvalue weighted by atomic mass is 10.3. The molecule has 0 radical (unpaired) electrons. The normalized spacial score (nSPS) is 12.5. The Hall–Kier alpha value is -0.810. The minimum absolute atomic E-state index is 0.403. The van der Waals surface area contributed by atoms with E-state index in [4.69, 9.17) is 10.8 Å². The second-order valence-electron chi connectivity index (χ2n) is 2.82. The van der Waals surface area contributed by atoms with Gasteiger partial charge in [-0.1, -0.05) is 0 Å². The number of nitrogens with one attached hydrogen (secondary N) is 1. The number of hydrogen-bond donors (Lipinski definition) is 3. The van der Waals surface area contributed by atoms with Crippen LogP contribution in [0.3, 0.4) is 0 Å². The molecule has 1 atom stereocenters. The van der Waals surface area contributed by atoms with Crippen LogP contribution in [0.15, 0.2) is 16.9 Å². The van der Waals surface area contributed by atoms with Crippen molar-refractivity contribution < 1.29 is 5.11 Å². The maximum absolute atomic E-state index is 9.06. The van der Waals surface area contributed by atoms with Gasteiger partial charge in [-0.15, -0.1) is 0 Å². The SMILES string of the molecule is CC(O)CNc1c(N)cncc1Br. The number of pyridine rings is 1. The molecule has 5 heteroatoms. The molecule has 0 aliphatic carbocycles. The molecule has 1 heterocycles. The van der Waals surface area contributed by atoms with Gasteiger partial charge in [0.05, 0.1) is 28.1 Å². The molecule has 1 aromatic rings. The average Bonchev–Trinajstić information content (AvgIpc) is 2.03. The first kappa shape index (κ1) is 10.3. The van der Waals surface area contributed by atoms with E-state index in [9.17, 15) is 0 Å². The number of aliphatic hydroxyl groups is 1. The van der Waals surface area contributed by atoms with Crippen LogP contribution < -0.4 is 11.1 Å². The summed E-state index contributed by atoms with van der Waals surface area (Å²) < 4.78 is 0.799. The molecule has 0 spiro atoms. The summed E-state index contributed by atoms with van der Waals surface area (Å²) in [6, 6.07) is 0. The number of aliphatic hydroxyl groups excluding tert-OH is 1. The molecular formula is C8H12BrN3O. The van der Waals surface area contributed by atoms with Crippen LogP contribution in [0.4, 0.5) is 11.4 Å². The zero-order chi connectivity index (χ0) is 9.84. The summed E-state index contributed by atoms with van der Waals surface area (Å²) in [5, 5.41) is 12.1. The number of nitrogens with zero attached hydrogens (tertiary/aromatic N) is 1. The lowest BCUT2D eigenvalue weighted by Crippen LogP contribution is -2.16. The Labute approximate surface area is 85.3 Å². The van der Waals surface area contributed by atoms with Gasteiger partial charge in [-0.05, 0) is 22.9 Å². The quantitative estimate of drug-likeness (QED) is 0.749. The van der Waals surface area contributed by atoms with E-state index in [0.717, 1.165) is 10.2 Å². The van der Waals surface area contributed by atoms with Crippen molar-refractivity contribution >= 4 is 27.3 Å². The van der Waals surface area contributed by atoms with Crippen molar-refractivity contribution in [3.63, 3.8) is 0 Å². The van der Waals surface area contributed by atoms with Gasteiger partial charge in [0.15, 0.2) is 0 Å². The number of nitrogens with two attached hydrogens (primary N) is 1. The fourth-order valence-corrected chi connectivity index (χ4v) is 1.37. The predicted molar refractivity (Wildman–Crippen MR) is 56.5 cm³/mol. The summed E-state index contributed by atoms with van der Waals surface area (Å²) >= 11 is 3.31. The summed E-state index contributed by atoms with van der Waals surface area (Å²) in [4.78, 5) is 3.90. The number of aromatic nitrogens is 1. The van der Waals surface area contributed by atoms with Gasteiger partial charge >= 0.3 is 0 Å². The Kier molecular flexibility index (Phi) is 3.50. The van der Waals surface area contributed by atoms with E-state index < -0.39 is 6.10 Å². The zero-order valence-electron chi connectivity index (χ0n) is 7.29. The standard InChI is InChI=1S/C8H12BrN3O/c1-5(13)2-12-8-6(9)3-11-4-7(8)10/h3-5,13H,2,10H2,1H3,(H,11,12). The highest BCUT2D eigenvalue weighted by atomic mass is 79.9. The summed E-state index contributed by atoms with van der Waals surface area (Å²) in [6.07, 6.45) is 2.81. The van der Waals surface area contributed by atoms with E-state index in [1.54, 1.807) is 19.3 Å². The van der Waals surface area contributed by atoms with Crippen molar-refractivity contribution in [3.8, 4) is 0 Å². The summed E-state index contributed by atoms with van der Waals surface area (Å²) in [5.41, 5.74) is 7.01. The number of nitrogen functional groups attached to an aromatic ring is 1. The fraction of sp³-hybridized carbons (Fsp3) is 0.375. The van der Waals surface area contributed by atoms with Gasteiger partial charge in [0.2, 0.25) is 0 Å². The summed E-state index contributed by atoms with van der Waals surface area (Å²) in [5.74, 6) is 0. The van der Waals surface area contributed by atoms with Crippen LogP contribution in [0.5, 0.6) is 0 Å². The molecule has 4 N–H and O–H groups in total. The monoisotopic (exact) mass is 245 g/mol. The molecule has 0 bridgehead atoms. The van der Waals surface area contributed by atoms with E-state index in [2.05, 4.69) is 26.2 Å². The molecule has 0 fully saturated rings. The van der Waals surface area contributed by atoms with E-state index >= 15 is 0 Å². The first-order chi connectivity index (χ1) is 6.11. The van der Waals surface area contributed by atoms with Crippen LogP contribution in [0, 0.1) is 0 Å². The smallest absolute Gasteiger partial charge is 0.0750 e. The first-order valence-electron chi connectivity index (χ1n) is 3.92. The van der Waals surface area contributed by atoms with Gasteiger partial charge in [-0.25, -0.2) is 0 Å². The minimum atomic E-state index is -0.403. The third kappa shape index (κ3) is 2.86. The van der Waals surface area contributed by atoms with Crippen LogP contribution in [-0.2, 0) is 0 Å². The van der Waals surface area contributed by atoms with Crippen LogP contribution in [0.1, 0.15) is 6.92 Å². The first-order valence-corrected chi connectivity index (χ1v) is 4.71. The van der Waals surface area contributed by atoms with Crippen molar-refractivity contribution in [2.45, 2.75) is 13.0 Å². The minimum Gasteiger partial charge on any atom is -0.396 e. The Morgan fingerprint density at radius 3 is 2.92 bits per heavy atom. The molecule has 0 aliphatic heterocycles. The Morgan fingerprint density at radius 2 is 2.38 bits per heavy atom. The van der Waals surface area contributed by atoms with Crippen molar-refractivity contribution in [3.05, 3.63) is 16.9 Å². The lowest BCUT2D eigenvalue weighted by molar-refractivity contribution is 0.208. The van der Waals surface area contributed by atoms with E-state index in [1.165, 1.54) is 0 Å². The molecule has 0 saturated carbocycles. The molecule has 13 heavy (non-hydrogen) atoms. The molecular weight excluding hydrogens is 234 g/mol. The van der Waals surface area contributed by atoms with Crippen molar-refractivity contribution in [1.82, 2.24) is 4.98 Å². The maximum Gasteiger partial charge on any atom is 0.0750 e. The number of hydrogen-bond acceptors (Lipinski definition) is 4. The van der Waals surface area contributed by atoms with Crippen molar-refractivity contribution in [1.29, 1.82) is 0 Å². The maximum atomic E-state index is 9.06. The van der Waals surface area contributed by atoms with Crippen molar-refractivity contribution in [2.75, 3.05) is 17.6 Å². The Bertz CT molecular complexity index is 270. The number of rotatable bonds is 3. The molecule has 1 unspecified atom stereocenters. The highest BCUT2D eigenvalue weighted by Gasteiger charge is 2.04. The number of halogens is 1. The van der Waals surface area contributed by atoms with Gasteiger partial charge in [-0.2, -0.15) is 0 Å². The molecule has 4 nitrogen and oxygen atoms in total. The molecule has 0 aliphatic rings. The molecule has 0 aromatic carbocycles. The Morgan fingerprint density at radius 1 is 1.69 bits per heavy atom. The molecule has 0 saturated heterocycles. The third-order valence-corrected chi connectivity index (χ3v) is 2.10. The largest absolute Gasteiger partial charge is 0.396 e. The summed E-state index contributed by atoms with van der Waals surface area (Å²) in [6.45, 7) is 2.17. The topological polar surface area (TPSA) is 71.2 Å². The predicted octanol–water partition coefficient (Wildman–Crippen LogP) is 1.22. The summed E-state index contributed by atoms with van der Waals surface area (Å²) in [7, 11) is 0. The van der Waals surface area contributed by atoms with E-state index in [0.29, 0.717) is 12.2 Å². The van der Waals surface area contributed by atoms with Gasteiger partial charge in [0.25, 0.3) is 0 Å². The zero-order valence-corrected chi connectivity index (χ0v) is 8.87. The fourth-order valence-electron chi connectivity index (χ4n) is 0.886. The van der Waals surface area contributed by atoms with Crippen LogP contribution in [0.25, 0.3) is 0 Å². The van der Waals surface area contributed by atoms with Gasteiger partial charge in [0.1, 0.15) is 0 Å². The molecule has 72 valence electrons. The van der Waals surface area contributed by atoms with E-state index in [-0.39, 0.29) is 0 Å². The molecule has 1 rings (SSSR count).